The van der Waals surface area contributed by atoms with Gasteiger partial charge in [-0.2, -0.15) is 0 Å². The van der Waals surface area contributed by atoms with E-state index in [-0.39, 0.29) is 11.9 Å². The van der Waals surface area contributed by atoms with Crippen LogP contribution < -0.4 is 5.32 Å². The van der Waals surface area contributed by atoms with Crippen LogP contribution in [0.3, 0.4) is 0 Å². The van der Waals surface area contributed by atoms with Gasteiger partial charge in [0.25, 0.3) is 0 Å². The van der Waals surface area contributed by atoms with E-state index in [2.05, 4.69) is 16.4 Å². The molecule has 1 aromatic rings. The lowest BCUT2D eigenvalue weighted by molar-refractivity contribution is -0.146. The Labute approximate surface area is 102 Å². The quantitative estimate of drug-likeness (QED) is 0.784. The molecule has 1 aliphatic carbocycles. The molecule has 1 aromatic heterocycles. The average Bonchev–Trinajstić information content (AvgIpc) is 2.89. The van der Waals surface area contributed by atoms with Gasteiger partial charge in [0.2, 0.25) is 0 Å². The number of esters is 1. The Morgan fingerprint density at radius 2 is 2.24 bits per heavy atom. The minimum atomic E-state index is -0.0471. The lowest BCUT2D eigenvalue weighted by Crippen LogP contribution is -2.34. The molecule has 0 saturated heterocycles. The molecule has 2 rings (SSSR count). The van der Waals surface area contributed by atoms with E-state index in [0.29, 0.717) is 6.04 Å². The maximum Gasteiger partial charge on any atom is 0.308 e. The molecule has 4 heteroatoms. The van der Waals surface area contributed by atoms with Gasteiger partial charge in [0.1, 0.15) is 0 Å². The van der Waals surface area contributed by atoms with Crippen molar-refractivity contribution in [2.45, 2.75) is 38.3 Å². The number of aromatic nitrogens is 1. The van der Waals surface area contributed by atoms with E-state index in [9.17, 15) is 4.79 Å². The average molecular weight is 236 g/mol. The summed E-state index contributed by atoms with van der Waals surface area (Å²) in [6.07, 6.45) is 7.95. The maximum absolute atomic E-state index is 11.4. The smallest absolute Gasteiger partial charge is 0.308 e. The molecule has 0 spiro atoms. The molecule has 0 atom stereocenters. The van der Waals surface area contributed by atoms with Crippen molar-refractivity contribution in [3.8, 4) is 0 Å². The third-order valence-electron chi connectivity index (χ3n) is 3.52. The Bertz CT molecular complexity index is 340. The van der Waals surface area contributed by atoms with E-state index in [0.717, 1.165) is 32.2 Å². The minimum Gasteiger partial charge on any atom is -0.469 e. The number of carbonyl (C=O) groups excluding carboxylic acids is 1. The summed E-state index contributed by atoms with van der Waals surface area (Å²) in [5.74, 6) is 0.0689. The van der Waals surface area contributed by atoms with Gasteiger partial charge in [-0.1, -0.05) is 0 Å². The molecule has 2 N–H and O–H groups in total. The molecule has 1 fully saturated rings. The fourth-order valence-electron chi connectivity index (χ4n) is 2.43. The van der Waals surface area contributed by atoms with Crippen molar-refractivity contribution in [1.29, 1.82) is 0 Å². The number of hydrogen-bond donors (Lipinski definition) is 2. The molecule has 1 saturated carbocycles. The third kappa shape index (κ3) is 3.33. The van der Waals surface area contributed by atoms with Crippen LogP contribution in [-0.2, 0) is 16.1 Å². The van der Waals surface area contributed by atoms with Crippen molar-refractivity contribution in [3.05, 3.63) is 24.0 Å². The summed E-state index contributed by atoms with van der Waals surface area (Å²) in [6, 6.07) is 2.61. The molecule has 1 heterocycles. The largest absolute Gasteiger partial charge is 0.469 e. The zero-order valence-electron chi connectivity index (χ0n) is 10.2. The van der Waals surface area contributed by atoms with Gasteiger partial charge in [0.05, 0.1) is 13.0 Å². The normalized spacial score (nSPS) is 24.5. The van der Waals surface area contributed by atoms with Gasteiger partial charge in [-0.3, -0.25) is 4.79 Å². The Morgan fingerprint density at radius 1 is 1.47 bits per heavy atom. The van der Waals surface area contributed by atoms with E-state index in [1.807, 2.05) is 12.4 Å². The minimum absolute atomic E-state index is 0.0471. The number of carbonyl (C=O) groups is 1. The predicted molar refractivity (Wildman–Crippen MR) is 65.4 cm³/mol. The van der Waals surface area contributed by atoms with Crippen LogP contribution in [0.15, 0.2) is 18.5 Å². The number of ether oxygens (including phenoxy) is 1. The highest BCUT2D eigenvalue weighted by atomic mass is 16.5. The maximum atomic E-state index is 11.4. The molecular weight excluding hydrogens is 216 g/mol. The molecule has 0 unspecified atom stereocenters. The molecular formula is C13H20N2O2. The van der Waals surface area contributed by atoms with Crippen LogP contribution in [0.5, 0.6) is 0 Å². The SMILES string of the molecule is COC(=O)C1CCC(NCc2cc[nH]c2)CC1. The van der Waals surface area contributed by atoms with Crippen LogP contribution in [0.2, 0.25) is 0 Å². The van der Waals surface area contributed by atoms with Crippen molar-refractivity contribution in [1.82, 2.24) is 10.3 Å². The molecule has 0 bridgehead atoms. The van der Waals surface area contributed by atoms with Crippen LogP contribution in [0, 0.1) is 5.92 Å². The monoisotopic (exact) mass is 236 g/mol. The number of nitrogens with one attached hydrogen (secondary N) is 2. The van der Waals surface area contributed by atoms with Crippen molar-refractivity contribution < 1.29 is 9.53 Å². The molecule has 0 amide bonds. The summed E-state index contributed by atoms with van der Waals surface area (Å²) in [5, 5.41) is 3.53. The zero-order valence-corrected chi connectivity index (χ0v) is 10.2. The van der Waals surface area contributed by atoms with Crippen LogP contribution in [0.1, 0.15) is 31.2 Å². The summed E-state index contributed by atoms with van der Waals surface area (Å²) in [4.78, 5) is 14.4. The number of methoxy groups -OCH3 is 1. The number of aromatic amines is 1. The number of rotatable bonds is 4. The lowest BCUT2D eigenvalue weighted by atomic mass is 9.86. The van der Waals surface area contributed by atoms with Crippen LogP contribution >= 0.6 is 0 Å². The number of H-pyrrole nitrogens is 1. The van der Waals surface area contributed by atoms with E-state index in [1.54, 1.807) is 0 Å². The van der Waals surface area contributed by atoms with E-state index in [1.165, 1.54) is 12.7 Å². The van der Waals surface area contributed by atoms with Gasteiger partial charge < -0.3 is 15.0 Å². The Kier molecular flexibility index (Phi) is 4.20. The Morgan fingerprint density at radius 3 is 2.82 bits per heavy atom. The molecule has 0 aliphatic heterocycles. The first-order valence-electron chi connectivity index (χ1n) is 6.22. The topological polar surface area (TPSA) is 54.1 Å². The highest BCUT2D eigenvalue weighted by molar-refractivity contribution is 5.72. The summed E-state index contributed by atoms with van der Waals surface area (Å²) >= 11 is 0. The summed E-state index contributed by atoms with van der Waals surface area (Å²) in [7, 11) is 1.47. The second kappa shape index (κ2) is 5.87. The highest BCUT2D eigenvalue weighted by Crippen LogP contribution is 2.25. The highest BCUT2D eigenvalue weighted by Gasteiger charge is 2.26. The van der Waals surface area contributed by atoms with Gasteiger partial charge in [-0.15, -0.1) is 0 Å². The van der Waals surface area contributed by atoms with Crippen molar-refractivity contribution in [2.24, 2.45) is 5.92 Å². The van der Waals surface area contributed by atoms with Crippen LogP contribution in [-0.4, -0.2) is 24.1 Å². The van der Waals surface area contributed by atoms with Gasteiger partial charge in [0.15, 0.2) is 0 Å². The molecule has 1 aliphatic rings. The summed E-state index contributed by atoms with van der Waals surface area (Å²) < 4.78 is 4.78. The van der Waals surface area contributed by atoms with E-state index >= 15 is 0 Å². The molecule has 0 aromatic carbocycles. The predicted octanol–water partition coefficient (Wildman–Crippen LogP) is 1.84. The third-order valence-corrected chi connectivity index (χ3v) is 3.52. The first kappa shape index (κ1) is 12.2. The number of hydrogen-bond acceptors (Lipinski definition) is 3. The second-order valence-electron chi connectivity index (χ2n) is 4.67. The zero-order chi connectivity index (χ0) is 12.1. The van der Waals surface area contributed by atoms with Crippen molar-refractivity contribution >= 4 is 5.97 Å². The first-order valence-corrected chi connectivity index (χ1v) is 6.22. The van der Waals surface area contributed by atoms with E-state index in [4.69, 9.17) is 4.74 Å². The fraction of sp³-hybridized carbons (Fsp3) is 0.615. The second-order valence-corrected chi connectivity index (χ2v) is 4.67. The van der Waals surface area contributed by atoms with Gasteiger partial charge >= 0.3 is 5.97 Å². The van der Waals surface area contributed by atoms with Crippen LogP contribution in [0.25, 0.3) is 0 Å². The van der Waals surface area contributed by atoms with Gasteiger partial charge in [0, 0.05) is 25.0 Å². The Hall–Kier alpha value is -1.29. The van der Waals surface area contributed by atoms with Gasteiger partial charge in [-0.25, -0.2) is 0 Å². The lowest BCUT2D eigenvalue weighted by Gasteiger charge is -2.27. The molecule has 94 valence electrons. The molecule has 0 radical (unpaired) electrons. The standard InChI is InChI=1S/C13H20N2O2/c1-17-13(16)11-2-4-12(5-3-11)15-9-10-6-7-14-8-10/h6-8,11-12,14-15H,2-5,9H2,1H3. The van der Waals surface area contributed by atoms with Crippen molar-refractivity contribution in [3.63, 3.8) is 0 Å². The van der Waals surface area contributed by atoms with E-state index < -0.39 is 0 Å². The van der Waals surface area contributed by atoms with Gasteiger partial charge in [-0.05, 0) is 37.3 Å². The fourth-order valence-corrected chi connectivity index (χ4v) is 2.43. The molecule has 4 nitrogen and oxygen atoms in total. The Balaban J connectivity index is 1.70. The first-order chi connectivity index (χ1) is 8.29. The summed E-state index contributed by atoms with van der Waals surface area (Å²) in [6.45, 7) is 0.900. The molecule has 17 heavy (non-hydrogen) atoms. The van der Waals surface area contributed by atoms with Crippen LogP contribution in [0.4, 0.5) is 0 Å². The van der Waals surface area contributed by atoms with Crippen molar-refractivity contribution in [2.75, 3.05) is 7.11 Å². The summed E-state index contributed by atoms with van der Waals surface area (Å²) in [5.41, 5.74) is 1.28.